The number of likely N-dealkylation sites (tertiary alicyclic amines) is 1. The summed E-state index contributed by atoms with van der Waals surface area (Å²) in [5, 5.41) is 21.0. The second kappa shape index (κ2) is 13.5. The van der Waals surface area contributed by atoms with Crippen LogP contribution in [0.25, 0.3) is 10.8 Å². The summed E-state index contributed by atoms with van der Waals surface area (Å²) in [6.07, 6.45) is 6.45. The Kier molecular flexibility index (Phi) is 9.13. The number of likely N-dealkylation sites (N-methyl/N-ethyl adjacent to an activating group) is 1. The Morgan fingerprint density at radius 1 is 1.04 bits per heavy atom. The monoisotopic (exact) mass is 604 g/mol. The molecule has 0 bridgehead atoms. The Bertz CT molecular complexity index is 1670. The molecular formula is C35H40N8O2. The molecule has 2 unspecified atom stereocenters. The zero-order chi connectivity index (χ0) is 31.3. The van der Waals surface area contributed by atoms with Crippen LogP contribution in [0.4, 0.5) is 11.5 Å². The van der Waals surface area contributed by atoms with Gasteiger partial charge in [-0.3, -0.25) is 4.79 Å². The topological polar surface area (TPSA) is 113 Å². The van der Waals surface area contributed by atoms with Gasteiger partial charge in [-0.05, 0) is 56.8 Å². The largest absolute Gasteiger partial charge is 0.462 e. The molecule has 6 rings (SSSR count). The first-order valence-corrected chi connectivity index (χ1v) is 15.9. The molecular weight excluding hydrogens is 564 g/mol. The lowest BCUT2D eigenvalue weighted by Crippen LogP contribution is -2.55. The molecule has 0 spiro atoms. The summed E-state index contributed by atoms with van der Waals surface area (Å²) in [5.41, 5.74) is 4.52. The van der Waals surface area contributed by atoms with Crippen molar-refractivity contribution in [3.8, 4) is 18.1 Å². The summed E-state index contributed by atoms with van der Waals surface area (Å²) in [5.74, 6) is 0.680. The predicted octanol–water partition coefficient (Wildman–Crippen LogP) is 4.37. The molecule has 3 aliphatic heterocycles. The Morgan fingerprint density at radius 2 is 1.89 bits per heavy atom. The third kappa shape index (κ3) is 6.43. The number of aromatic nitrogens is 2. The minimum Gasteiger partial charge on any atom is -0.462 e. The summed E-state index contributed by atoms with van der Waals surface area (Å²) in [7, 11) is 2.13. The van der Waals surface area contributed by atoms with E-state index < -0.39 is 0 Å². The molecule has 232 valence electrons. The van der Waals surface area contributed by atoms with E-state index in [1.807, 2.05) is 6.07 Å². The average Bonchev–Trinajstić information content (AvgIpc) is 3.47. The van der Waals surface area contributed by atoms with E-state index in [9.17, 15) is 10.1 Å². The Labute approximate surface area is 265 Å². The number of carbonyl (C=O) groups is 1. The highest BCUT2D eigenvalue weighted by atomic mass is 16.5. The third-order valence-electron chi connectivity index (χ3n) is 9.39. The second-order valence-electron chi connectivity index (χ2n) is 12.2. The maximum atomic E-state index is 13.0. The summed E-state index contributed by atoms with van der Waals surface area (Å²) in [6, 6.07) is 17.7. The summed E-state index contributed by atoms with van der Waals surface area (Å²) in [6.45, 7) is 6.78. The van der Waals surface area contributed by atoms with Crippen molar-refractivity contribution < 1.29 is 9.53 Å². The Balaban J connectivity index is 1.31. The molecule has 2 atom stereocenters. The van der Waals surface area contributed by atoms with Crippen molar-refractivity contribution in [2.75, 3.05) is 56.2 Å². The number of nitriles is 2. The molecule has 45 heavy (non-hydrogen) atoms. The number of amides is 1. The summed E-state index contributed by atoms with van der Waals surface area (Å²) < 4.78 is 6.32. The number of hydrogen-bond donors (Lipinski definition) is 0. The lowest BCUT2D eigenvalue weighted by atomic mass is 9.99. The highest BCUT2D eigenvalue weighted by molar-refractivity contribution is 5.97. The van der Waals surface area contributed by atoms with Crippen LogP contribution in [0.5, 0.6) is 6.01 Å². The standard InChI is InChI=1S/C35H40N8O2/c1-25-8-5-9-26-10-6-12-31(33(25)26)41-19-15-29-30(23-41)38-35(45-24-28-11-7-18-40(28)2)39-34(29)42-20-21-43(27(22-42)14-17-37)32(44)13-3-4-16-36/h3,5-6,8-10,12-13,27-28H,4,7,11,14-15,18-24H2,1-2H3/b13-3-. The number of anilines is 2. The van der Waals surface area contributed by atoms with Gasteiger partial charge in [0.25, 0.3) is 0 Å². The molecule has 3 aromatic rings. The second-order valence-corrected chi connectivity index (χ2v) is 12.2. The number of hydrogen-bond acceptors (Lipinski definition) is 9. The molecule has 0 N–H and O–H groups in total. The molecule has 0 aliphatic carbocycles. The molecule has 1 amide bonds. The van der Waals surface area contributed by atoms with Crippen LogP contribution in [0.1, 0.15) is 42.5 Å². The Hall–Kier alpha value is -4.67. The van der Waals surface area contributed by atoms with E-state index in [1.165, 1.54) is 28.1 Å². The van der Waals surface area contributed by atoms with E-state index >= 15 is 0 Å². The first kappa shape index (κ1) is 30.4. The van der Waals surface area contributed by atoms with Crippen molar-refractivity contribution in [2.24, 2.45) is 0 Å². The van der Waals surface area contributed by atoms with E-state index in [-0.39, 0.29) is 24.8 Å². The molecule has 2 aromatic carbocycles. The van der Waals surface area contributed by atoms with Gasteiger partial charge in [-0.15, -0.1) is 0 Å². The van der Waals surface area contributed by atoms with Crippen molar-refractivity contribution in [1.29, 1.82) is 10.5 Å². The normalized spacial score (nSPS) is 20.3. The Morgan fingerprint density at radius 3 is 2.67 bits per heavy atom. The van der Waals surface area contributed by atoms with E-state index in [0.717, 1.165) is 49.4 Å². The van der Waals surface area contributed by atoms with Gasteiger partial charge in [0.05, 0.1) is 43.3 Å². The quantitative estimate of drug-likeness (QED) is 0.346. The van der Waals surface area contributed by atoms with Crippen molar-refractivity contribution >= 4 is 28.2 Å². The van der Waals surface area contributed by atoms with Gasteiger partial charge in [0.2, 0.25) is 5.91 Å². The van der Waals surface area contributed by atoms with Crippen LogP contribution in [-0.2, 0) is 17.8 Å². The fraction of sp³-hybridized carbons (Fsp3) is 0.457. The van der Waals surface area contributed by atoms with Gasteiger partial charge in [0.1, 0.15) is 12.4 Å². The van der Waals surface area contributed by atoms with E-state index in [0.29, 0.717) is 44.8 Å². The van der Waals surface area contributed by atoms with Crippen molar-refractivity contribution in [3.05, 3.63) is 65.4 Å². The van der Waals surface area contributed by atoms with Gasteiger partial charge in [0.15, 0.2) is 0 Å². The number of aryl methyl sites for hydroxylation is 1. The number of rotatable bonds is 8. The summed E-state index contributed by atoms with van der Waals surface area (Å²) in [4.78, 5) is 31.7. The third-order valence-corrected chi connectivity index (χ3v) is 9.39. The zero-order valence-corrected chi connectivity index (χ0v) is 26.2. The van der Waals surface area contributed by atoms with Crippen LogP contribution in [0, 0.1) is 29.6 Å². The minimum atomic E-state index is -0.288. The number of piperazine rings is 1. The van der Waals surface area contributed by atoms with Crippen LogP contribution in [0.3, 0.4) is 0 Å². The minimum absolute atomic E-state index is 0.166. The summed E-state index contributed by atoms with van der Waals surface area (Å²) >= 11 is 0. The molecule has 3 aliphatic rings. The number of ether oxygens (including phenoxy) is 1. The van der Waals surface area contributed by atoms with Gasteiger partial charge < -0.3 is 24.3 Å². The lowest BCUT2D eigenvalue weighted by Gasteiger charge is -2.42. The van der Waals surface area contributed by atoms with Crippen molar-refractivity contribution in [3.63, 3.8) is 0 Å². The average molecular weight is 605 g/mol. The number of allylic oxidation sites excluding steroid dienone is 1. The van der Waals surface area contributed by atoms with E-state index in [2.05, 4.69) is 71.1 Å². The number of benzene rings is 2. The SMILES string of the molecule is Cc1cccc2cccc(N3CCc4c(nc(OCC5CCCN5C)nc4N4CCN(C(=O)/C=C\CC#N)C(CC#N)C4)C3)c12. The molecule has 0 radical (unpaired) electrons. The van der Waals surface area contributed by atoms with Gasteiger partial charge in [-0.25, -0.2) is 0 Å². The molecule has 10 nitrogen and oxygen atoms in total. The lowest BCUT2D eigenvalue weighted by molar-refractivity contribution is -0.128. The van der Waals surface area contributed by atoms with Crippen LogP contribution < -0.4 is 14.5 Å². The first-order valence-electron chi connectivity index (χ1n) is 15.9. The maximum Gasteiger partial charge on any atom is 0.318 e. The van der Waals surface area contributed by atoms with Crippen molar-refractivity contribution in [2.45, 2.75) is 57.7 Å². The zero-order valence-electron chi connectivity index (χ0n) is 26.2. The molecule has 4 heterocycles. The molecule has 10 heteroatoms. The van der Waals surface area contributed by atoms with E-state index in [1.54, 1.807) is 11.0 Å². The van der Waals surface area contributed by atoms with Crippen LogP contribution in [-0.4, -0.2) is 84.1 Å². The highest BCUT2D eigenvalue weighted by Crippen LogP contribution is 2.36. The maximum absolute atomic E-state index is 13.0. The number of carbonyl (C=O) groups excluding carboxylic acids is 1. The van der Waals surface area contributed by atoms with E-state index in [4.69, 9.17) is 20.0 Å². The predicted molar refractivity (Wildman–Crippen MR) is 174 cm³/mol. The number of fused-ring (bicyclic) bond motifs is 2. The van der Waals surface area contributed by atoms with Gasteiger partial charge in [-0.1, -0.05) is 36.4 Å². The first-order chi connectivity index (χ1) is 22.0. The van der Waals surface area contributed by atoms with Gasteiger partial charge >= 0.3 is 6.01 Å². The van der Waals surface area contributed by atoms with Crippen LogP contribution >= 0.6 is 0 Å². The molecule has 1 aromatic heterocycles. The van der Waals surface area contributed by atoms with Gasteiger partial charge in [0, 0.05) is 54.9 Å². The fourth-order valence-corrected chi connectivity index (χ4v) is 6.98. The fourth-order valence-electron chi connectivity index (χ4n) is 6.98. The van der Waals surface area contributed by atoms with Crippen LogP contribution in [0.15, 0.2) is 48.6 Å². The van der Waals surface area contributed by atoms with Crippen molar-refractivity contribution in [1.82, 2.24) is 19.8 Å². The highest BCUT2D eigenvalue weighted by Gasteiger charge is 2.34. The number of nitrogens with zero attached hydrogens (tertiary/aromatic N) is 8. The van der Waals surface area contributed by atoms with Crippen LogP contribution in [0.2, 0.25) is 0 Å². The molecule has 2 fully saturated rings. The van der Waals surface area contributed by atoms with Gasteiger partial charge in [-0.2, -0.15) is 20.5 Å². The smallest absolute Gasteiger partial charge is 0.318 e. The molecule has 0 saturated carbocycles. The molecule has 2 saturated heterocycles.